The summed E-state index contributed by atoms with van der Waals surface area (Å²) in [7, 11) is 0. The van der Waals surface area contributed by atoms with Gasteiger partial charge in [0.25, 0.3) is 0 Å². The Morgan fingerprint density at radius 1 is 0.545 bits per heavy atom. The Labute approximate surface area is 273 Å². The van der Waals surface area contributed by atoms with Gasteiger partial charge in [-0.1, -0.05) is 160 Å². The van der Waals surface area contributed by atoms with Crippen LogP contribution in [0.3, 0.4) is 0 Å². The molecule has 3 atom stereocenters. The molecule has 0 fully saturated rings. The number of unbranched alkanes of at least 4 members (excludes halogenated alkanes) is 22. The number of rotatable bonds is 34. The van der Waals surface area contributed by atoms with Gasteiger partial charge in [0.1, 0.15) is 6.10 Å². The first-order valence-electron chi connectivity index (χ1n) is 19.1. The van der Waals surface area contributed by atoms with Gasteiger partial charge in [-0.3, -0.25) is 4.79 Å². The Morgan fingerprint density at radius 3 is 1.39 bits per heavy atom. The van der Waals surface area contributed by atoms with Crippen molar-refractivity contribution in [3.8, 4) is 0 Å². The van der Waals surface area contributed by atoms with Gasteiger partial charge in [0.15, 0.2) is 0 Å². The van der Waals surface area contributed by atoms with Crippen LogP contribution in [0, 0.1) is 0 Å². The van der Waals surface area contributed by atoms with Gasteiger partial charge in [0.05, 0.1) is 18.8 Å². The second-order valence-electron chi connectivity index (χ2n) is 13.1. The number of carbonyl (C=O) groups is 1. The van der Waals surface area contributed by atoms with E-state index in [1.165, 1.54) is 122 Å². The molecule has 0 aromatic rings. The first-order chi connectivity index (χ1) is 21.6. The molecule has 0 aromatic heterocycles. The van der Waals surface area contributed by atoms with Crippen LogP contribution in [-0.4, -0.2) is 46.1 Å². The highest BCUT2D eigenvalue weighted by atomic mass is 16.3. The van der Waals surface area contributed by atoms with E-state index < -0.39 is 18.2 Å². The number of nitrogens with one attached hydrogen (secondary N) is 1. The molecule has 4 N–H and O–H groups in total. The Hall–Kier alpha value is -1.17. The number of aliphatic hydroxyl groups is 3. The molecule has 0 aliphatic heterocycles. The minimum atomic E-state index is -1.16. The van der Waals surface area contributed by atoms with E-state index in [1.54, 1.807) is 0 Å². The quantitative estimate of drug-likeness (QED) is 0.0425. The molecule has 0 aliphatic rings. The van der Waals surface area contributed by atoms with E-state index in [9.17, 15) is 20.1 Å². The largest absolute Gasteiger partial charge is 0.394 e. The lowest BCUT2D eigenvalue weighted by Crippen LogP contribution is -2.50. The number of amides is 1. The van der Waals surface area contributed by atoms with Crippen molar-refractivity contribution >= 4 is 5.91 Å². The fourth-order valence-electron chi connectivity index (χ4n) is 5.76. The average molecular weight is 622 g/mol. The molecule has 0 saturated heterocycles. The van der Waals surface area contributed by atoms with Gasteiger partial charge in [-0.2, -0.15) is 0 Å². The van der Waals surface area contributed by atoms with Crippen LogP contribution in [0.5, 0.6) is 0 Å². The molecule has 5 nitrogen and oxygen atoms in total. The molecule has 0 radical (unpaired) electrons. The zero-order valence-corrected chi connectivity index (χ0v) is 29.3. The third-order valence-corrected chi connectivity index (χ3v) is 8.79. The Kier molecular flexibility index (Phi) is 33.8. The predicted octanol–water partition coefficient (Wildman–Crippen LogP) is 10.3. The summed E-state index contributed by atoms with van der Waals surface area (Å²) in [5, 5.41) is 33.3. The highest BCUT2D eigenvalue weighted by Gasteiger charge is 2.26. The van der Waals surface area contributed by atoms with Crippen molar-refractivity contribution in [1.29, 1.82) is 0 Å². The van der Waals surface area contributed by atoms with Crippen molar-refractivity contribution in [2.45, 2.75) is 212 Å². The van der Waals surface area contributed by atoms with E-state index in [1.807, 2.05) is 0 Å². The van der Waals surface area contributed by atoms with Crippen molar-refractivity contribution in [2.75, 3.05) is 6.61 Å². The molecule has 0 aliphatic carbocycles. The molecule has 1 amide bonds. The Morgan fingerprint density at radius 2 is 0.932 bits per heavy atom. The molecular formula is C39H75NO4. The third kappa shape index (κ3) is 29.5. The number of aliphatic hydroxyl groups excluding tert-OH is 3. The monoisotopic (exact) mass is 622 g/mol. The van der Waals surface area contributed by atoms with E-state index >= 15 is 0 Å². The van der Waals surface area contributed by atoms with E-state index in [0.29, 0.717) is 12.8 Å². The third-order valence-electron chi connectivity index (χ3n) is 8.79. The average Bonchev–Trinajstić information content (AvgIpc) is 3.03. The fourth-order valence-corrected chi connectivity index (χ4v) is 5.76. The number of carbonyl (C=O) groups excluding carboxylic acids is 1. The highest BCUT2D eigenvalue weighted by Crippen LogP contribution is 2.14. The van der Waals surface area contributed by atoms with Crippen molar-refractivity contribution in [2.24, 2.45) is 0 Å². The van der Waals surface area contributed by atoms with Crippen LogP contribution in [-0.2, 0) is 4.79 Å². The molecule has 3 unspecified atom stereocenters. The molecule has 5 heteroatoms. The van der Waals surface area contributed by atoms with Crippen molar-refractivity contribution in [3.05, 3.63) is 24.3 Å². The molecule has 0 bridgehead atoms. The molecule has 44 heavy (non-hydrogen) atoms. The van der Waals surface area contributed by atoms with Crippen molar-refractivity contribution in [3.63, 3.8) is 0 Å². The maximum Gasteiger partial charge on any atom is 0.220 e. The molecular weight excluding hydrogens is 546 g/mol. The van der Waals surface area contributed by atoms with Gasteiger partial charge >= 0.3 is 0 Å². The van der Waals surface area contributed by atoms with Crippen molar-refractivity contribution in [1.82, 2.24) is 5.32 Å². The number of hydrogen-bond acceptors (Lipinski definition) is 4. The molecule has 0 saturated carbocycles. The van der Waals surface area contributed by atoms with Crippen molar-refractivity contribution < 1.29 is 20.1 Å². The van der Waals surface area contributed by atoms with Crippen LogP contribution in [0.4, 0.5) is 0 Å². The Bertz CT molecular complexity index is 650. The van der Waals surface area contributed by atoms with E-state index in [0.717, 1.165) is 44.9 Å². The molecule has 260 valence electrons. The van der Waals surface area contributed by atoms with Gasteiger partial charge in [-0.25, -0.2) is 0 Å². The first kappa shape index (κ1) is 42.8. The second-order valence-corrected chi connectivity index (χ2v) is 13.1. The summed E-state index contributed by atoms with van der Waals surface area (Å²) in [6.45, 7) is 4.14. The smallest absolute Gasteiger partial charge is 0.220 e. The van der Waals surface area contributed by atoms with Crippen LogP contribution in [0.1, 0.15) is 194 Å². The minimum absolute atomic E-state index is 0.159. The zero-order valence-electron chi connectivity index (χ0n) is 29.3. The standard InChI is InChI=1S/C39H75NO4/c1-3-5-7-9-11-13-15-17-18-19-20-22-23-25-27-29-31-33-37(42)39(44)36(35-41)40-38(43)34-32-30-28-26-24-21-16-14-12-10-8-6-4-2/h19-20,25,27,36-37,39,41-42,44H,3-18,21-24,26,28-35H2,1-2H3,(H,40,43)/b20-19+,27-25+. The SMILES string of the molecule is CCCCCCCCCC/C=C/CC/C=C/CCCC(O)C(O)C(CO)NC(=O)CCCCCCCCCCCCCCC. The Balaban J connectivity index is 3.75. The minimum Gasteiger partial charge on any atom is -0.394 e. The van der Waals surface area contributed by atoms with Gasteiger partial charge in [0, 0.05) is 6.42 Å². The maximum absolute atomic E-state index is 12.3. The first-order valence-corrected chi connectivity index (χ1v) is 19.1. The summed E-state index contributed by atoms with van der Waals surface area (Å²) >= 11 is 0. The van der Waals surface area contributed by atoms with Crippen LogP contribution in [0.15, 0.2) is 24.3 Å². The topological polar surface area (TPSA) is 89.8 Å². The van der Waals surface area contributed by atoms with Crippen LogP contribution in [0.2, 0.25) is 0 Å². The lowest BCUT2D eigenvalue weighted by atomic mass is 10.0. The number of allylic oxidation sites excluding steroid dienone is 4. The molecule has 0 heterocycles. The van der Waals surface area contributed by atoms with E-state index in [2.05, 4.69) is 43.5 Å². The lowest BCUT2D eigenvalue weighted by molar-refractivity contribution is -0.124. The summed E-state index contributed by atoms with van der Waals surface area (Å²) in [6.07, 6.45) is 39.8. The van der Waals surface area contributed by atoms with Gasteiger partial charge < -0.3 is 20.6 Å². The summed E-state index contributed by atoms with van der Waals surface area (Å²) in [5.74, 6) is -0.159. The summed E-state index contributed by atoms with van der Waals surface area (Å²) in [5.41, 5.74) is 0. The molecule has 0 spiro atoms. The molecule has 0 rings (SSSR count). The normalized spacial score (nSPS) is 14.0. The zero-order chi connectivity index (χ0) is 32.4. The van der Waals surface area contributed by atoms with E-state index in [4.69, 9.17) is 0 Å². The second kappa shape index (κ2) is 34.7. The van der Waals surface area contributed by atoms with Gasteiger partial charge in [0.2, 0.25) is 5.91 Å². The molecule has 0 aromatic carbocycles. The lowest BCUT2D eigenvalue weighted by Gasteiger charge is -2.26. The summed E-state index contributed by atoms with van der Waals surface area (Å²) < 4.78 is 0. The van der Waals surface area contributed by atoms with Crippen LogP contribution < -0.4 is 5.32 Å². The predicted molar refractivity (Wildman–Crippen MR) is 190 cm³/mol. The van der Waals surface area contributed by atoms with Crippen LogP contribution in [0.25, 0.3) is 0 Å². The summed E-state index contributed by atoms with van der Waals surface area (Å²) in [6, 6.07) is -0.826. The number of hydrogen-bond donors (Lipinski definition) is 4. The van der Waals surface area contributed by atoms with Gasteiger partial charge in [-0.15, -0.1) is 0 Å². The van der Waals surface area contributed by atoms with Crippen LogP contribution >= 0.6 is 0 Å². The summed E-state index contributed by atoms with van der Waals surface area (Å²) in [4.78, 5) is 12.3. The van der Waals surface area contributed by atoms with Gasteiger partial charge in [-0.05, 0) is 51.4 Å². The van der Waals surface area contributed by atoms with E-state index in [-0.39, 0.29) is 12.5 Å². The highest BCUT2D eigenvalue weighted by molar-refractivity contribution is 5.76. The fraction of sp³-hybridized carbons (Fsp3) is 0.872. The maximum atomic E-state index is 12.3.